The molecule has 118 valence electrons. The van der Waals surface area contributed by atoms with Crippen LogP contribution in [0.4, 0.5) is 10.5 Å². The number of imide groups is 1. The molecule has 7 heteroatoms. The predicted octanol–water partition coefficient (Wildman–Crippen LogP) is 2.58. The third kappa shape index (κ3) is 3.37. The van der Waals surface area contributed by atoms with Crippen molar-refractivity contribution in [3.63, 3.8) is 0 Å². The Hall–Kier alpha value is -1.93. The molecule has 1 fully saturated rings. The van der Waals surface area contributed by atoms with Gasteiger partial charge in [-0.1, -0.05) is 12.1 Å². The molecule has 1 unspecified atom stereocenters. The van der Waals surface area contributed by atoms with E-state index >= 15 is 0 Å². The lowest BCUT2D eigenvalue weighted by Crippen LogP contribution is -3.01. The standard InChI is InChI=1S/C16H14N2O3S2/c1-9-3-4-10(7-12(9)18(2)21)13-6-5-11(22-13)8-14-15(19)17-16(20)23-14/h3-8,21H,1-2H3,(H,17,19,20)/p+1. The second kappa shape index (κ2) is 6.29. The van der Waals surface area contributed by atoms with Crippen LogP contribution in [-0.4, -0.2) is 23.4 Å². The first kappa shape index (κ1) is 15.9. The zero-order valence-corrected chi connectivity index (χ0v) is 14.2. The number of hydrogen-bond acceptors (Lipinski definition) is 5. The maximum absolute atomic E-state index is 11.6. The van der Waals surface area contributed by atoms with Crippen molar-refractivity contribution in [1.29, 1.82) is 0 Å². The van der Waals surface area contributed by atoms with E-state index in [1.54, 1.807) is 13.1 Å². The summed E-state index contributed by atoms with van der Waals surface area (Å²) in [5, 5.41) is 12.0. The molecule has 3 N–H and O–H groups in total. The molecule has 5 nitrogen and oxygen atoms in total. The van der Waals surface area contributed by atoms with E-state index < -0.39 is 0 Å². The highest BCUT2D eigenvalue weighted by atomic mass is 32.2. The molecule has 1 aromatic carbocycles. The summed E-state index contributed by atoms with van der Waals surface area (Å²) in [4.78, 5) is 25.1. The Morgan fingerprint density at radius 3 is 2.65 bits per heavy atom. The van der Waals surface area contributed by atoms with Gasteiger partial charge in [-0.2, -0.15) is 5.06 Å². The van der Waals surface area contributed by atoms with Crippen molar-refractivity contribution in [1.82, 2.24) is 5.32 Å². The minimum absolute atomic E-state index is 0.292. The molecule has 1 aliphatic heterocycles. The molecule has 23 heavy (non-hydrogen) atoms. The maximum Gasteiger partial charge on any atom is 0.290 e. The minimum Gasteiger partial charge on any atom is -0.282 e. The van der Waals surface area contributed by atoms with E-state index in [1.807, 2.05) is 37.3 Å². The van der Waals surface area contributed by atoms with Crippen molar-refractivity contribution >= 4 is 46.0 Å². The van der Waals surface area contributed by atoms with Crippen LogP contribution < -0.4 is 10.4 Å². The van der Waals surface area contributed by atoms with E-state index in [-0.39, 0.29) is 11.1 Å². The van der Waals surface area contributed by atoms with E-state index in [0.29, 0.717) is 9.97 Å². The largest absolute Gasteiger partial charge is 0.290 e. The van der Waals surface area contributed by atoms with Crippen molar-refractivity contribution in [2.75, 3.05) is 7.05 Å². The second-order valence-corrected chi connectivity index (χ2v) is 7.30. The molecule has 1 atom stereocenters. The Balaban J connectivity index is 1.91. The van der Waals surface area contributed by atoms with Crippen LogP contribution in [0.25, 0.3) is 16.5 Å². The number of rotatable bonds is 3. The molecular weight excluding hydrogens is 332 g/mol. The molecule has 2 aromatic rings. The molecule has 2 heterocycles. The van der Waals surface area contributed by atoms with Gasteiger partial charge in [-0.3, -0.25) is 14.9 Å². The van der Waals surface area contributed by atoms with Gasteiger partial charge in [0.2, 0.25) is 0 Å². The van der Waals surface area contributed by atoms with Crippen LogP contribution in [0, 0.1) is 6.92 Å². The van der Waals surface area contributed by atoms with Crippen molar-refractivity contribution in [2.24, 2.45) is 0 Å². The molecule has 0 aliphatic carbocycles. The van der Waals surface area contributed by atoms with Gasteiger partial charge in [0.25, 0.3) is 11.1 Å². The van der Waals surface area contributed by atoms with Crippen LogP contribution >= 0.6 is 23.1 Å². The lowest BCUT2D eigenvalue weighted by molar-refractivity contribution is -1.02. The first-order valence-electron chi connectivity index (χ1n) is 6.92. The summed E-state index contributed by atoms with van der Waals surface area (Å²) >= 11 is 2.44. The Morgan fingerprint density at radius 2 is 2.00 bits per heavy atom. The fourth-order valence-electron chi connectivity index (χ4n) is 2.30. The van der Waals surface area contributed by atoms with Crippen LogP contribution in [0.3, 0.4) is 0 Å². The van der Waals surface area contributed by atoms with E-state index in [4.69, 9.17) is 0 Å². The van der Waals surface area contributed by atoms with Crippen molar-refractivity contribution in [2.45, 2.75) is 6.92 Å². The van der Waals surface area contributed by atoms with E-state index in [9.17, 15) is 14.8 Å². The maximum atomic E-state index is 11.6. The quantitative estimate of drug-likeness (QED) is 0.590. The zero-order valence-electron chi connectivity index (χ0n) is 12.5. The number of quaternary nitrogens is 1. The number of amides is 2. The van der Waals surface area contributed by atoms with Gasteiger partial charge in [0.1, 0.15) is 7.05 Å². The van der Waals surface area contributed by atoms with Crippen molar-refractivity contribution < 1.29 is 19.9 Å². The monoisotopic (exact) mass is 347 g/mol. The first-order chi connectivity index (χ1) is 10.9. The van der Waals surface area contributed by atoms with Gasteiger partial charge in [0.15, 0.2) is 5.69 Å². The van der Waals surface area contributed by atoms with Crippen LogP contribution in [0.5, 0.6) is 0 Å². The molecular formula is C16H15N2O3S2+. The number of thiophene rings is 1. The van der Waals surface area contributed by atoms with Crippen LogP contribution in [0.1, 0.15) is 10.4 Å². The molecule has 1 aromatic heterocycles. The van der Waals surface area contributed by atoms with E-state index in [2.05, 4.69) is 5.32 Å². The number of carbonyl (C=O) groups excluding carboxylic acids is 2. The molecule has 0 radical (unpaired) electrons. The van der Waals surface area contributed by atoms with Gasteiger partial charge < -0.3 is 0 Å². The molecule has 2 amide bonds. The fraction of sp³-hybridized carbons (Fsp3) is 0.125. The van der Waals surface area contributed by atoms with Gasteiger partial charge in [-0.05, 0) is 42.5 Å². The number of nitrogens with one attached hydrogen (secondary N) is 2. The summed E-state index contributed by atoms with van der Waals surface area (Å²) in [6.07, 6.45) is 1.72. The van der Waals surface area contributed by atoms with Crippen LogP contribution in [0.2, 0.25) is 0 Å². The van der Waals surface area contributed by atoms with Crippen molar-refractivity contribution in [3.05, 3.63) is 45.7 Å². The number of aryl methyl sites for hydroxylation is 1. The third-order valence-electron chi connectivity index (χ3n) is 3.45. The summed E-state index contributed by atoms with van der Waals surface area (Å²) in [6, 6.07) is 9.82. The minimum atomic E-state index is -0.349. The molecule has 0 bridgehead atoms. The summed E-state index contributed by atoms with van der Waals surface area (Å²) in [6.45, 7) is 1.95. The Kier molecular flexibility index (Phi) is 4.36. The number of carbonyl (C=O) groups is 2. The second-order valence-electron chi connectivity index (χ2n) is 5.17. The average Bonchev–Trinajstić information content (AvgIpc) is 3.06. The molecule has 0 spiro atoms. The smallest absolute Gasteiger partial charge is 0.282 e. The lowest BCUT2D eigenvalue weighted by Gasteiger charge is -2.08. The Morgan fingerprint density at radius 1 is 1.22 bits per heavy atom. The number of benzene rings is 1. The number of thioether (sulfide) groups is 1. The SMILES string of the molecule is Cc1ccc(-c2ccc(C=C3SC(=O)NC3=O)s2)cc1[NH+](C)O. The topological polar surface area (TPSA) is 70.8 Å². The Bertz CT molecular complexity index is 824. The number of hydrogen-bond donors (Lipinski definition) is 3. The third-order valence-corrected chi connectivity index (χ3v) is 5.35. The summed E-state index contributed by atoms with van der Waals surface area (Å²) in [5.41, 5.74) is 2.85. The molecule has 1 aliphatic rings. The van der Waals surface area contributed by atoms with E-state index in [1.165, 1.54) is 11.3 Å². The summed E-state index contributed by atoms with van der Waals surface area (Å²) in [7, 11) is 1.67. The lowest BCUT2D eigenvalue weighted by atomic mass is 10.1. The van der Waals surface area contributed by atoms with Crippen molar-refractivity contribution in [3.8, 4) is 10.4 Å². The summed E-state index contributed by atoms with van der Waals surface area (Å²) < 4.78 is 0. The zero-order chi connectivity index (χ0) is 16.6. The highest BCUT2D eigenvalue weighted by Crippen LogP contribution is 2.33. The van der Waals surface area contributed by atoms with Gasteiger partial charge in [-0.25, -0.2) is 5.21 Å². The Labute approximate surface area is 141 Å². The van der Waals surface area contributed by atoms with Gasteiger partial charge in [-0.15, -0.1) is 11.3 Å². The average molecular weight is 347 g/mol. The van der Waals surface area contributed by atoms with Gasteiger partial charge in [0, 0.05) is 21.4 Å². The van der Waals surface area contributed by atoms with Crippen LogP contribution in [0.15, 0.2) is 35.2 Å². The fourth-order valence-corrected chi connectivity index (χ4v) is 4.00. The molecule has 0 saturated carbocycles. The highest BCUT2D eigenvalue weighted by Gasteiger charge is 2.25. The molecule has 1 saturated heterocycles. The van der Waals surface area contributed by atoms with Gasteiger partial charge in [0.05, 0.1) is 4.91 Å². The van der Waals surface area contributed by atoms with Crippen LogP contribution in [-0.2, 0) is 4.79 Å². The first-order valence-corrected chi connectivity index (χ1v) is 8.56. The number of hydroxylamine groups is 1. The van der Waals surface area contributed by atoms with E-state index in [0.717, 1.165) is 38.3 Å². The molecule has 3 rings (SSSR count). The normalized spacial score (nSPS) is 17.6. The highest BCUT2D eigenvalue weighted by molar-refractivity contribution is 8.18. The van der Waals surface area contributed by atoms with Gasteiger partial charge >= 0.3 is 0 Å². The predicted molar refractivity (Wildman–Crippen MR) is 91.9 cm³/mol. The summed E-state index contributed by atoms with van der Waals surface area (Å²) in [5.74, 6) is -0.349.